The van der Waals surface area contributed by atoms with Gasteiger partial charge in [0, 0.05) is 19.0 Å². The molecule has 0 unspecified atom stereocenters. The summed E-state index contributed by atoms with van der Waals surface area (Å²) in [6.45, 7) is 1.65. The highest BCUT2D eigenvalue weighted by Crippen LogP contribution is 2.37. The summed E-state index contributed by atoms with van der Waals surface area (Å²) in [4.78, 5) is 4.88. The molecule has 0 aliphatic carbocycles. The van der Waals surface area contributed by atoms with Crippen molar-refractivity contribution in [2.24, 2.45) is 4.99 Å². The second-order valence-corrected chi connectivity index (χ2v) is 5.83. The quantitative estimate of drug-likeness (QED) is 0.903. The van der Waals surface area contributed by atoms with Crippen LogP contribution in [0.5, 0.6) is 5.75 Å². The molecule has 2 aliphatic rings. The molecule has 102 valence electrons. The van der Waals surface area contributed by atoms with Crippen molar-refractivity contribution in [3.63, 3.8) is 0 Å². The topological polar surface area (TPSA) is 42.8 Å². The second-order valence-electron chi connectivity index (χ2n) is 4.87. The molecule has 1 fully saturated rings. The minimum Gasteiger partial charge on any atom is -0.495 e. The van der Waals surface area contributed by atoms with E-state index in [1.54, 1.807) is 18.9 Å². The lowest BCUT2D eigenvalue weighted by Gasteiger charge is -2.29. The third kappa shape index (κ3) is 2.72. The van der Waals surface area contributed by atoms with E-state index in [9.17, 15) is 0 Å². The van der Waals surface area contributed by atoms with E-state index in [0.29, 0.717) is 0 Å². The van der Waals surface area contributed by atoms with Gasteiger partial charge in [-0.25, -0.2) is 0 Å². The highest BCUT2D eigenvalue weighted by molar-refractivity contribution is 8.14. The van der Waals surface area contributed by atoms with Gasteiger partial charge in [-0.05, 0) is 25.0 Å². The molecule has 0 atom stereocenters. The number of hydrogen-bond donors (Lipinski definition) is 1. The summed E-state index contributed by atoms with van der Waals surface area (Å²) in [6.07, 6.45) is 2.05. The molecule has 1 spiro atoms. The largest absolute Gasteiger partial charge is 0.495 e. The van der Waals surface area contributed by atoms with E-state index in [4.69, 9.17) is 14.5 Å². The number of rotatable bonds is 2. The smallest absolute Gasteiger partial charge is 0.161 e. The molecule has 0 saturated carbocycles. The van der Waals surface area contributed by atoms with E-state index in [2.05, 4.69) is 5.32 Å². The maximum absolute atomic E-state index is 5.43. The lowest BCUT2D eigenvalue weighted by molar-refractivity contribution is 0.0624. The monoisotopic (exact) mass is 278 g/mol. The predicted molar refractivity (Wildman–Crippen MR) is 79.3 cm³/mol. The van der Waals surface area contributed by atoms with Crippen LogP contribution in [0.15, 0.2) is 29.3 Å². The Kier molecular flexibility index (Phi) is 3.66. The van der Waals surface area contributed by atoms with Gasteiger partial charge in [-0.1, -0.05) is 23.9 Å². The Hall–Kier alpha value is -1.20. The molecule has 2 aliphatic heterocycles. The number of thioether (sulfide) groups is 1. The number of hydrogen-bond acceptors (Lipinski definition) is 5. The fourth-order valence-electron chi connectivity index (χ4n) is 2.42. The second kappa shape index (κ2) is 5.43. The summed E-state index contributed by atoms with van der Waals surface area (Å²) < 4.78 is 10.8. The number of ether oxygens (including phenoxy) is 2. The zero-order chi connectivity index (χ0) is 13.1. The molecule has 0 amide bonds. The Bertz CT molecular complexity index is 484. The van der Waals surface area contributed by atoms with Crippen LogP contribution in [0.2, 0.25) is 0 Å². The van der Waals surface area contributed by atoms with Gasteiger partial charge >= 0.3 is 0 Å². The predicted octanol–water partition coefficient (Wildman–Crippen LogP) is 2.76. The van der Waals surface area contributed by atoms with Crippen LogP contribution in [-0.2, 0) is 4.74 Å². The third-order valence-corrected chi connectivity index (χ3v) is 4.74. The molecule has 0 bridgehead atoms. The van der Waals surface area contributed by atoms with Crippen molar-refractivity contribution in [2.75, 3.05) is 31.4 Å². The average molecular weight is 278 g/mol. The molecule has 0 radical (unpaired) electrons. The van der Waals surface area contributed by atoms with E-state index in [0.717, 1.165) is 48.4 Å². The van der Waals surface area contributed by atoms with Crippen LogP contribution in [-0.4, -0.2) is 36.8 Å². The molecule has 2 heterocycles. The van der Waals surface area contributed by atoms with E-state index in [1.807, 2.05) is 24.3 Å². The Labute approximate surface area is 117 Å². The Morgan fingerprint density at radius 2 is 2.11 bits per heavy atom. The normalized spacial score (nSPS) is 21.2. The number of para-hydroxylation sites is 2. The van der Waals surface area contributed by atoms with Crippen molar-refractivity contribution in [3.05, 3.63) is 24.3 Å². The first-order valence-corrected chi connectivity index (χ1v) is 7.50. The van der Waals surface area contributed by atoms with Gasteiger partial charge in [-0.15, -0.1) is 0 Å². The molecule has 19 heavy (non-hydrogen) atoms. The molecule has 0 aromatic heterocycles. The summed E-state index contributed by atoms with van der Waals surface area (Å²) in [5, 5.41) is 4.37. The molecule has 1 aromatic rings. The summed E-state index contributed by atoms with van der Waals surface area (Å²) >= 11 is 1.79. The maximum atomic E-state index is 5.43. The molecular formula is C14H18N2O2S. The molecule has 4 nitrogen and oxygen atoms in total. The van der Waals surface area contributed by atoms with Crippen LogP contribution in [0.4, 0.5) is 5.69 Å². The maximum Gasteiger partial charge on any atom is 0.161 e. The molecule has 1 saturated heterocycles. The number of amidine groups is 1. The zero-order valence-electron chi connectivity index (χ0n) is 11.0. The first kappa shape index (κ1) is 12.8. The lowest BCUT2D eigenvalue weighted by atomic mass is 9.93. The van der Waals surface area contributed by atoms with E-state index < -0.39 is 0 Å². The van der Waals surface area contributed by atoms with Crippen molar-refractivity contribution in [2.45, 2.75) is 18.4 Å². The van der Waals surface area contributed by atoms with Gasteiger partial charge in [0.2, 0.25) is 0 Å². The summed E-state index contributed by atoms with van der Waals surface area (Å²) in [5.41, 5.74) is 1.06. The number of nitrogens with one attached hydrogen (secondary N) is 1. The highest BCUT2D eigenvalue weighted by atomic mass is 32.2. The molecule has 1 N–H and O–H groups in total. The standard InChI is InChI=1S/C14H18N2O2S/c1-17-12-5-3-2-4-11(12)15-13-16-14(10-19-13)6-8-18-9-7-14/h2-5H,6-10H2,1H3,(H,15,16). The molecule has 1 aromatic carbocycles. The fourth-order valence-corrected chi connectivity index (χ4v) is 3.62. The van der Waals surface area contributed by atoms with Gasteiger partial charge in [-0.3, -0.25) is 4.99 Å². The molecular weight excluding hydrogens is 260 g/mol. The summed E-state index contributed by atoms with van der Waals surface area (Å²) in [6, 6.07) is 7.92. The fraction of sp³-hybridized carbons (Fsp3) is 0.500. The summed E-state index contributed by atoms with van der Waals surface area (Å²) in [5.74, 6) is 1.90. The number of nitrogens with zero attached hydrogens (tertiary/aromatic N) is 1. The number of anilines is 1. The van der Waals surface area contributed by atoms with Gasteiger partial charge in [0.05, 0.1) is 18.3 Å². The van der Waals surface area contributed by atoms with E-state index in [-0.39, 0.29) is 5.54 Å². The summed E-state index contributed by atoms with van der Waals surface area (Å²) in [7, 11) is 1.68. The third-order valence-electron chi connectivity index (χ3n) is 3.59. The Morgan fingerprint density at radius 1 is 1.32 bits per heavy atom. The minimum absolute atomic E-state index is 0.0905. The van der Waals surface area contributed by atoms with Crippen LogP contribution in [0.1, 0.15) is 12.8 Å². The SMILES string of the molecule is COc1ccccc1NC1=NC2(CCOCC2)CS1. The van der Waals surface area contributed by atoms with Crippen LogP contribution >= 0.6 is 11.8 Å². The van der Waals surface area contributed by atoms with E-state index >= 15 is 0 Å². The van der Waals surface area contributed by atoms with Crippen LogP contribution < -0.4 is 10.1 Å². The van der Waals surface area contributed by atoms with Crippen LogP contribution in [0.3, 0.4) is 0 Å². The number of aliphatic imine (C=N–C) groups is 1. The first-order valence-electron chi connectivity index (χ1n) is 6.52. The lowest BCUT2D eigenvalue weighted by Crippen LogP contribution is -2.34. The first-order chi connectivity index (χ1) is 9.31. The van der Waals surface area contributed by atoms with Crippen molar-refractivity contribution < 1.29 is 9.47 Å². The van der Waals surface area contributed by atoms with Crippen molar-refractivity contribution >= 4 is 22.6 Å². The van der Waals surface area contributed by atoms with Crippen molar-refractivity contribution in [1.29, 1.82) is 0 Å². The van der Waals surface area contributed by atoms with Gasteiger partial charge in [0.25, 0.3) is 0 Å². The zero-order valence-corrected chi connectivity index (χ0v) is 11.8. The number of benzene rings is 1. The van der Waals surface area contributed by atoms with Crippen molar-refractivity contribution in [3.8, 4) is 5.75 Å². The van der Waals surface area contributed by atoms with Gasteiger partial charge in [0.15, 0.2) is 5.17 Å². The minimum atomic E-state index is 0.0905. The van der Waals surface area contributed by atoms with E-state index in [1.165, 1.54) is 0 Å². The van der Waals surface area contributed by atoms with Crippen LogP contribution in [0.25, 0.3) is 0 Å². The number of methoxy groups -OCH3 is 1. The van der Waals surface area contributed by atoms with Gasteiger partial charge in [0.1, 0.15) is 5.75 Å². The Balaban J connectivity index is 1.75. The van der Waals surface area contributed by atoms with Gasteiger partial charge < -0.3 is 14.8 Å². The van der Waals surface area contributed by atoms with Crippen LogP contribution in [0, 0.1) is 0 Å². The molecule has 3 rings (SSSR count). The average Bonchev–Trinajstić information content (AvgIpc) is 2.83. The van der Waals surface area contributed by atoms with Gasteiger partial charge in [-0.2, -0.15) is 0 Å². The Morgan fingerprint density at radius 3 is 2.89 bits per heavy atom. The molecule has 5 heteroatoms. The highest BCUT2D eigenvalue weighted by Gasteiger charge is 2.37. The van der Waals surface area contributed by atoms with Crippen molar-refractivity contribution in [1.82, 2.24) is 0 Å².